The van der Waals surface area contributed by atoms with Crippen molar-refractivity contribution in [3.63, 3.8) is 0 Å². The monoisotopic (exact) mass is 322 g/mol. The molecule has 0 unspecified atom stereocenters. The molecular weight excluding hydrogens is 304 g/mol. The van der Waals surface area contributed by atoms with E-state index in [0.29, 0.717) is 17.4 Å². The van der Waals surface area contributed by atoms with Gasteiger partial charge in [-0.1, -0.05) is 35.5 Å². The van der Waals surface area contributed by atoms with E-state index >= 15 is 0 Å². The van der Waals surface area contributed by atoms with E-state index in [1.807, 2.05) is 42.5 Å². The maximum atomic E-state index is 5.32. The van der Waals surface area contributed by atoms with Crippen LogP contribution in [0.4, 0.5) is 5.82 Å². The number of nitrogens with zero attached hydrogens (tertiary/aromatic N) is 6. The highest BCUT2D eigenvalue weighted by molar-refractivity contribution is 5.57. The van der Waals surface area contributed by atoms with Gasteiger partial charge in [-0.3, -0.25) is 0 Å². The number of aromatic nitrogens is 4. The number of rotatable bonds is 3. The summed E-state index contributed by atoms with van der Waals surface area (Å²) in [6, 6.07) is 13.6. The van der Waals surface area contributed by atoms with Crippen molar-refractivity contribution in [2.45, 2.75) is 0 Å². The first-order valence-corrected chi connectivity index (χ1v) is 7.96. The van der Waals surface area contributed by atoms with E-state index in [4.69, 9.17) is 4.52 Å². The third kappa shape index (κ3) is 2.98. The minimum atomic E-state index is 0.381. The molecule has 4 rings (SSSR count). The summed E-state index contributed by atoms with van der Waals surface area (Å²) in [4.78, 5) is 8.95. The first-order valence-electron chi connectivity index (χ1n) is 7.96. The summed E-state index contributed by atoms with van der Waals surface area (Å²) in [6.45, 7) is 3.99. The van der Waals surface area contributed by atoms with Gasteiger partial charge in [0.15, 0.2) is 11.5 Å². The van der Waals surface area contributed by atoms with Crippen LogP contribution in [0, 0.1) is 0 Å². The zero-order chi connectivity index (χ0) is 16.4. The van der Waals surface area contributed by atoms with E-state index in [-0.39, 0.29) is 0 Å². The van der Waals surface area contributed by atoms with Crippen molar-refractivity contribution in [2.75, 3.05) is 38.1 Å². The number of hydrogen-bond donors (Lipinski definition) is 0. The third-order valence-electron chi connectivity index (χ3n) is 4.15. The van der Waals surface area contributed by atoms with Crippen LogP contribution in [-0.2, 0) is 0 Å². The van der Waals surface area contributed by atoms with Crippen molar-refractivity contribution >= 4 is 5.82 Å². The molecule has 0 N–H and O–H groups in total. The van der Waals surface area contributed by atoms with Crippen molar-refractivity contribution in [3.8, 4) is 23.0 Å². The van der Waals surface area contributed by atoms with Crippen molar-refractivity contribution in [3.05, 3.63) is 42.5 Å². The van der Waals surface area contributed by atoms with Gasteiger partial charge < -0.3 is 14.3 Å². The van der Waals surface area contributed by atoms with Gasteiger partial charge in [-0.15, -0.1) is 10.2 Å². The molecule has 7 heteroatoms. The van der Waals surface area contributed by atoms with Gasteiger partial charge in [0.25, 0.3) is 5.89 Å². The Hall–Kier alpha value is -2.80. The van der Waals surface area contributed by atoms with E-state index in [1.54, 1.807) is 0 Å². The molecule has 0 amide bonds. The van der Waals surface area contributed by atoms with E-state index in [9.17, 15) is 0 Å². The van der Waals surface area contributed by atoms with Crippen molar-refractivity contribution in [1.29, 1.82) is 0 Å². The molecule has 0 aliphatic carbocycles. The highest BCUT2D eigenvalue weighted by Crippen LogP contribution is 2.21. The van der Waals surface area contributed by atoms with E-state index < -0.39 is 0 Å². The van der Waals surface area contributed by atoms with Gasteiger partial charge >= 0.3 is 0 Å². The summed E-state index contributed by atoms with van der Waals surface area (Å²) in [5.41, 5.74) is 1.50. The summed E-state index contributed by atoms with van der Waals surface area (Å²) in [7, 11) is 2.13. The van der Waals surface area contributed by atoms with Gasteiger partial charge in [0, 0.05) is 31.7 Å². The second kappa shape index (κ2) is 6.37. The van der Waals surface area contributed by atoms with Gasteiger partial charge in [-0.05, 0) is 19.2 Å². The molecule has 1 fully saturated rings. The molecule has 24 heavy (non-hydrogen) atoms. The molecule has 1 aliphatic heterocycles. The lowest BCUT2D eigenvalue weighted by Crippen LogP contribution is -2.44. The molecule has 122 valence electrons. The fourth-order valence-corrected chi connectivity index (χ4v) is 2.68. The van der Waals surface area contributed by atoms with Crippen LogP contribution >= 0.6 is 0 Å². The zero-order valence-corrected chi connectivity index (χ0v) is 13.5. The predicted octanol–water partition coefficient (Wildman–Crippen LogP) is 1.95. The molecule has 3 heterocycles. The lowest BCUT2D eigenvalue weighted by Gasteiger charge is -2.32. The SMILES string of the molecule is CN1CCN(c2ccc(-c3nc(-c4ccccc4)no3)nn2)CC1. The number of anilines is 1. The molecule has 0 saturated carbocycles. The third-order valence-corrected chi connectivity index (χ3v) is 4.15. The Kier molecular flexibility index (Phi) is 3.92. The van der Waals surface area contributed by atoms with E-state index in [2.05, 4.69) is 37.2 Å². The fourth-order valence-electron chi connectivity index (χ4n) is 2.68. The zero-order valence-electron chi connectivity index (χ0n) is 13.5. The quantitative estimate of drug-likeness (QED) is 0.730. The maximum absolute atomic E-state index is 5.32. The predicted molar refractivity (Wildman–Crippen MR) is 90.5 cm³/mol. The first-order chi connectivity index (χ1) is 11.8. The van der Waals surface area contributed by atoms with Gasteiger partial charge in [0.05, 0.1) is 0 Å². The van der Waals surface area contributed by atoms with Crippen molar-refractivity contribution < 1.29 is 4.52 Å². The topological polar surface area (TPSA) is 71.2 Å². The van der Waals surface area contributed by atoms with Gasteiger partial charge in [-0.2, -0.15) is 4.98 Å². The Balaban J connectivity index is 1.52. The molecule has 3 aromatic rings. The van der Waals surface area contributed by atoms with Crippen LogP contribution < -0.4 is 4.90 Å². The Labute approximate surface area is 139 Å². The Morgan fingerprint density at radius 1 is 0.917 bits per heavy atom. The molecule has 2 aromatic heterocycles. The van der Waals surface area contributed by atoms with Crippen LogP contribution in [0.15, 0.2) is 47.0 Å². The molecule has 1 aliphatic rings. The van der Waals surface area contributed by atoms with Crippen LogP contribution in [0.2, 0.25) is 0 Å². The molecule has 1 aromatic carbocycles. The summed E-state index contributed by atoms with van der Waals surface area (Å²) in [5, 5.41) is 12.6. The van der Waals surface area contributed by atoms with Crippen molar-refractivity contribution in [1.82, 2.24) is 25.2 Å². The van der Waals surface area contributed by atoms with Crippen LogP contribution in [0.25, 0.3) is 23.0 Å². The average Bonchev–Trinajstić information content (AvgIpc) is 3.13. The molecule has 0 atom stereocenters. The van der Waals surface area contributed by atoms with Gasteiger partial charge in [-0.25, -0.2) is 0 Å². The van der Waals surface area contributed by atoms with Crippen LogP contribution in [0.3, 0.4) is 0 Å². The summed E-state index contributed by atoms with van der Waals surface area (Å²) in [5.74, 6) is 1.82. The largest absolute Gasteiger partial charge is 0.353 e. The van der Waals surface area contributed by atoms with Crippen molar-refractivity contribution in [2.24, 2.45) is 0 Å². The molecule has 0 spiro atoms. The lowest BCUT2D eigenvalue weighted by molar-refractivity contribution is 0.312. The standard InChI is InChI=1S/C17H18N6O/c1-22-9-11-23(12-10-22)15-8-7-14(19-20-15)17-18-16(21-24-17)13-5-3-2-4-6-13/h2-8H,9-12H2,1H3. The smallest absolute Gasteiger partial charge is 0.278 e. The maximum Gasteiger partial charge on any atom is 0.278 e. The van der Waals surface area contributed by atoms with Crippen LogP contribution in [-0.4, -0.2) is 58.5 Å². The van der Waals surface area contributed by atoms with Gasteiger partial charge in [0.2, 0.25) is 5.82 Å². The Bertz CT molecular complexity index is 793. The summed E-state index contributed by atoms with van der Waals surface area (Å²) < 4.78 is 5.32. The molecular formula is C17H18N6O. The summed E-state index contributed by atoms with van der Waals surface area (Å²) in [6.07, 6.45) is 0. The lowest BCUT2D eigenvalue weighted by atomic mass is 10.2. The summed E-state index contributed by atoms with van der Waals surface area (Å²) >= 11 is 0. The Morgan fingerprint density at radius 2 is 1.71 bits per heavy atom. The minimum Gasteiger partial charge on any atom is -0.353 e. The second-order valence-electron chi connectivity index (χ2n) is 5.86. The second-order valence-corrected chi connectivity index (χ2v) is 5.86. The minimum absolute atomic E-state index is 0.381. The molecule has 0 radical (unpaired) electrons. The Morgan fingerprint density at radius 3 is 2.42 bits per heavy atom. The molecule has 7 nitrogen and oxygen atoms in total. The molecule has 1 saturated heterocycles. The normalized spacial score (nSPS) is 15.6. The van der Waals surface area contributed by atoms with E-state index in [0.717, 1.165) is 37.6 Å². The molecule has 0 bridgehead atoms. The fraction of sp³-hybridized carbons (Fsp3) is 0.294. The number of piperazine rings is 1. The first kappa shape index (κ1) is 14.8. The van der Waals surface area contributed by atoms with Crippen LogP contribution in [0.5, 0.6) is 0 Å². The van der Waals surface area contributed by atoms with Gasteiger partial charge in [0.1, 0.15) is 0 Å². The van der Waals surface area contributed by atoms with E-state index in [1.165, 1.54) is 0 Å². The number of benzene rings is 1. The average molecular weight is 322 g/mol. The number of likely N-dealkylation sites (N-methyl/N-ethyl adjacent to an activating group) is 1. The highest BCUT2D eigenvalue weighted by Gasteiger charge is 2.17. The number of hydrogen-bond acceptors (Lipinski definition) is 7. The highest BCUT2D eigenvalue weighted by atomic mass is 16.5. The van der Waals surface area contributed by atoms with Crippen LogP contribution in [0.1, 0.15) is 0 Å².